The van der Waals surface area contributed by atoms with Crippen LogP contribution in [0.15, 0.2) is 60.7 Å². The van der Waals surface area contributed by atoms with E-state index in [0.29, 0.717) is 0 Å². The van der Waals surface area contributed by atoms with E-state index in [-0.39, 0.29) is 4.90 Å². The van der Waals surface area contributed by atoms with Gasteiger partial charge in [-0.05, 0) is 40.0 Å². The van der Waals surface area contributed by atoms with Crippen LogP contribution in [0, 0.1) is 11.8 Å². The molecule has 1 N–H and O–H groups in total. The number of fused-ring (bicyclic) bond motifs is 1. The van der Waals surface area contributed by atoms with Crippen molar-refractivity contribution in [1.82, 2.24) is 4.90 Å². The minimum Gasteiger partial charge on any atom is -0.465 e. The van der Waals surface area contributed by atoms with Gasteiger partial charge in [-0.3, -0.25) is 0 Å². The topological polar surface area (TPSA) is 49.8 Å². The van der Waals surface area contributed by atoms with Crippen LogP contribution < -0.4 is 10.4 Å². The number of carbonyl (C=O) groups is 1. The van der Waals surface area contributed by atoms with Crippen molar-refractivity contribution in [3.05, 3.63) is 60.7 Å². The van der Waals surface area contributed by atoms with Crippen molar-refractivity contribution in [2.75, 3.05) is 13.1 Å². The number of likely N-dealkylation sites (tertiary alicyclic amines) is 1. The number of benzene rings is 2. The molecular formula is C24H31NO3Si. The zero-order valence-electron chi connectivity index (χ0n) is 24.8. The zero-order valence-corrected chi connectivity index (χ0v) is 17.8. The molecule has 0 spiro atoms. The molecule has 0 aromatic heterocycles. The van der Waals surface area contributed by atoms with Gasteiger partial charge in [-0.1, -0.05) is 81.4 Å². The number of hydrogen-bond donors (Lipinski definition) is 1. The van der Waals surface area contributed by atoms with Gasteiger partial charge in [0.1, 0.15) is 0 Å². The van der Waals surface area contributed by atoms with E-state index in [1.807, 2.05) is 81.4 Å². The Morgan fingerprint density at radius 2 is 1.69 bits per heavy atom. The SMILES string of the molecule is [2H]C1[C@@]2([2H])C([2H])([2H])[C@@]([2H])(CO[Si](c3ccccc3)(c3ccccc3)C(C)(C)C)N(C(=O)O)C([2H])([2H])[C@@]12[2H]. The molecule has 1 amide bonds. The van der Waals surface area contributed by atoms with Crippen LogP contribution in [0.5, 0.6) is 0 Å². The predicted octanol–water partition coefficient (Wildman–Crippen LogP) is 3.95. The maximum Gasteiger partial charge on any atom is 0.407 e. The average Bonchev–Trinajstić information content (AvgIpc) is 3.29. The van der Waals surface area contributed by atoms with E-state index in [9.17, 15) is 11.3 Å². The normalized spacial score (nSPS) is 41.8. The van der Waals surface area contributed by atoms with Gasteiger partial charge >= 0.3 is 6.09 Å². The molecule has 2 aliphatic rings. The van der Waals surface area contributed by atoms with E-state index in [0.717, 1.165) is 10.4 Å². The fourth-order valence-corrected chi connectivity index (χ4v) is 8.41. The maximum absolute atomic E-state index is 12.4. The number of carboxylic acid groups (broad SMARTS) is 1. The molecule has 4 atom stereocenters. The first-order chi connectivity index (χ1) is 16.9. The Balaban J connectivity index is 1.93. The number of hydrogen-bond acceptors (Lipinski definition) is 2. The van der Waals surface area contributed by atoms with Crippen LogP contribution in [0.3, 0.4) is 0 Å². The molecule has 154 valence electrons. The Morgan fingerprint density at radius 3 is 2.17 bits per heavy atom. The summed E-state index contributed by atoms with van der Waals surface area (Å²) in [6.07, 6.45) is -6.96. The molecule has 4 nitrogen and oxygen atoms in total. The highest BCUT2D eigenvalue weighted by Gasteiger charge is 2.52. The smallest absolute Gasteiger partial charge is 0.407 e. The summed E-state index contributed by atoms with van der Waals surface area (Å²) in [4.78, 5) is 12.4. The Kier molecular flexibility index (Phi) is 3.30. The van der Waals surface area contributed by atoms with Crippen molar-refractivity contribution in [1.29, 1.82) is 0 Å². The highest BCUT2D eigenvalue weighted by atomic mass is 28.4. The van der Waals surface area contributed by atoms with Crippen molar-refractivity contribution in [2.45, 2.75) is 44.6 Å². The highest BCUT2D eigenvalue weighted by Crippen LogP contribution is 2.47. The first-order valence-corrected chi connectivity index (χ1v) is 11.5. The molecule has 1 heterocycles. The van der Waals surface area contributed by atoms with Gasteiger partial charge in [-0.25, -0.2) is 4.79 Å². The van der Waals surface area contributed by atoms with Crippen molar-refractivity contribution in [3.8, 4) is 0 Å². The summed E-state index contributed by atoms with van der Waals surface area (Å²) in [5.41, 5.74) is 0. The molecule has 1 aliphatic heterocycles. The lowest BCUT2D eigenvalue weighted by molar-refractivity contribution is 0.0782. The van der Waals surface area contributed by atoms with Gasteiger partial charge in [0.2, 0.25) is 0 Å². The van der Waals surface area contributed by atoms with Gasteiger partial charge in [0, 0.05) is 16.1 Å². The lowest BCUT2D eigenvalue weighted by Crippen LogP contribution is -2.67. The summed E-state index contributed by atoms with van der Waals surface area (Å²) >= 11 is 0. The van der Waals surface area contributed by atoms with E-state index < -0.39 is 63.1 Å². The number of piperidine rings is 1. The van der Waals surface area contributed by atoms with Gasteiger partial charge in [0.25, 0.3) is 8.32 Å². The van der Waals surface area contributed by atoms with Crippen LogP contribution in [0.4, 0.5) is 4.79 Å². The summed E-state index contributed by atoms with van der Waals surface area (Å²) < 4.78 is 75.6. The molecule has 2 aromatic rings. The summed E-state index contributed by atoms with van der Waals surface area (Å²) in [7, 11) is -3.41. The number of rotatable bonds is 5. The van der Waals surface area contributed by atoms with Gasteiger partial charge in [0.05, 0.1) is 14.0 Å². The van der Waals surface area contributed by atoms with Gasteiger partial charge < -0.3 is 14.4 Å². The monoisotopic (exact) mass is 417 g/mol. The van der Waals surface area contributed by atoms with E-state index >= 15 is 0 Å². The Hall–Kier alpha value is -2.11. The minimum atomic E-state index is -3.41. The highest BCUT2D eigenvalue weighted by molar-refractivity contribution is 6.99. The molecule has 1 aliphatic carbocycles. The average molecular weight is 418 g/mol. The maximum atomic E-state index is 12.4. The molecule has 1 saturated heterocycles. The van der Waals surface area contributed by atoms with Gasteiger partial charge in [-0.15, -0.1) is 0 Å². The standard InChI is InChI=1S/C24H31NO3Si/c1-24(2,3)29(21-10-6-4-7-11-21,22-12-8-5-9-13-22)28-17-20-15-18-14-19(18)16-25(20)23(26)27/h4-13,18-20H,14-17H2,1-3H3,(H,26,27)/t18-,19+,20-/m0/s1/i14D,15D2,16D2,18D,19D,20D/t14?,18-,19+,20-. The second-order valence-electron chi connectivity index (χ2n) is 8.23. The van der Waals surface area contributed by atoms with Crippen LogP contribution >= 0.6 is 0 Å². The predicted molar refractivity (Wildman–Crippen MR) is 118 cm³/mol. The first kappa shape index (κ1) is 12.6. The van der Waals surface area contributed by atoms with E-state index in [1.165, 1.54) is 0 Å². The van der Waals surface area contributed by atoms with Gasteiger partial charge in [-0.2, -0.15) is 0 Å². The third-order valence-electron chi connectivity index (χ3n) is 5.31. The van der Waals surface area contributed by atoms with Crippen LogP contribution in [0.1, 0.15) is 44.5 Å². The number of amides is 1. The number of nitrogens with zero attached hydrogens (tertiary/aromatic N) is 1. The summed E-state index contributed by atoms with van der Waals surface area (Å²) in [5, 5.41) is 11.0. The quantitative estimate of drug-likeness (QED) is 0.750. The van der Waals surface area contributed by atoms with Crippen molar-refractivity contribution in [3.63, 3.8) is 0 Å². The van der Waals surface area contributed by atoms with Crippen molar-refractivity contribution >= 4 is 24.8 Å². The van der Waals surface area contributed by atoms with E-state index in [1.54, 1.807) is 0 Å². The molecule has 4 rings (SSSR count). The van der Waals surface area contributed by atoms with Crippen LogP contribution in [0.2, 0.25) is 5.04 Å². The Morgan fingerprint density at radius 1 is 1.14 bits per heavy atom. The Labute approximate surface area is 185 Å². The van der Waals surface area contributed by atoms with Crippen LogP contribution in [-0.2, 0) is 4.43 Å². The van der Waals surface area contributed by atoms with Crippen LogP contribution in [-0.4, -0.2) is 43.5 Å². The molecule has 2 aromatic carbocycles. The minimum absolute atomic E-state index is 0.0356. The third-order valence-corrected chi connectivity index (χ3v) is 10.3. The summed E-state index contributed by atoms with van der Waals surface area (Å²) in [5.74, 6) is -5.38. The zero-order chi connectivity index (χ0) is 27.9. The molecule has 0 bridgehead atoms. The van der Waals surface area contributed by atoms with E-state index in [4.69, 9.17) is 14.0 Å². The lowest BCUT2D eigenvalue weighted by atomic mass is 10.0. The lowest BCUT2D eigenvalue weighted by Gasteiger charge is -2.45. The summed E-state index contributed by atoms with van der Waals surface area (Å²) in [6.45, 7) is 1.75. The molecule has 0 radical (unpaired) electrons. The molecule has 29 heavy (non-hydrogen) atoms. The van der Waals surface area contributed by atoms with E-state index in [2.05, 4.69) is 0 Å². The van der Waals surface area contributed by atoms with Gasteiger partial charge in [0.15, 0.2) is 0 Å². The molecule has 1 saturated carbocycles. The largest absolute Gasteiger partial charge is 0.465 e. The van der Waals surface area contributed by atoms with Crippen molar-refractivity contribution in [2.24, 2.45) is 11.8 Å². The first-order valence-electron chi connectivity index (χ1n) is 13.7. The molecule has 2 fully saturated rings. The Bertz CT molecular complexity index is 1160. The molecule has 5 heteroatoms. The second-order valence-corrected chi connectivity index (χ2v) is 12.5. The summed E-state index contributed by atoms with van der Waals surface area (Å²) in [6, 6.07) is 15.5. The van der Waals surface area contributed by atoms with Crippen molar-refractivity contribution < 1.29 is 25.3 Å². The molecule has 1 unspecified atom stereocenters. The third kappa shape index (κ3) is 3.73. The van der Waals surface area contributed by atoms with Crippen LogP contribution in [0.25, 0.3) is 0 Å². The molecular weight excluding hydrogens is 378 g/mol. The fraction of sp³-hybridized carbons (Fsp3) is 0.458. The second kappa shape index (κ2) is 7.61. The fourth-order valence-electron chi connectivity index (χ4n) is 3.91.